The van der Waals surface area contributed by atoms with Gasteiger partial charge in [-0.25, -0.2) is 9.36 Å². The Morgan fingerprint density at radius 3 is 2.17 bits per heavy atom. The smallest absolute Gasteiger partial charge is 0.339 e. The number of aromatic nitrogens is 2. The quantitative estimate of drug-likeness (QED) is 0.823. The first-order valence-electron chi connectivity index (χ1n) is 5.00. The first-order valence-corrected chi connectivity index (χ1v) is 6.13. The molecule has 4 nitrogen and oxygen atoms in total. The second kappa shape index (κ2) is 4.53. The molecule has 0 atom stereocenters. The zero-order valence-corrected chi connectivity index (χ0v) is 11.5. The van der Waals surface area contributed by atoms with Gasteiger partial charge in [-0.3, -0.25) is 4.57 Å². The molecule has 0 aliphatic carbocycles. The topological polar surface area (TPSA) is 47.2 Å². The lowest BCUT2D eigenvalue weighted by atomic mass is 10.3. The molecule has 18 heavy (non-hydrogen) atoms. The molecule has 0 fully saturated rings. The minimum atomic E-state index is -2.04. The Morgan fingerprint density at radius 2 is 1.72 bits per heavy atom. The highest BCUT2D eigenvalue weighted by Gasteiger charge is 2.31. The van der Waals surface area contributed by atoms with Crippen molar-refractivity contribution in [1.29, 1.82) is 0 Å². The molecule has 1 aromatic carbocycles. The fourth-order valence-electron chi connectivity index (χ4n) is 1.71. The second-order valence-electron chi connectivity index (χ2n) is 3.67. The summed E-state index contributed by atoms with van der Waals surface area (Å²) in [5.74, 6) is -0.371. The van der Waals surface area contributed by atoms with Gasteiger partial charge >= 0.3 is 5.69 Å². The maximum Gasteiger partial charge on any atom is 0.339 e. The predicted octanol–water partition coefficient (Wildman–Crippen LogP) is 2.94. The van der Waals surface area contributed by atoms with Crippen LogP contribution >= 0.6 is 34.8 Å². The summed E-state index contributed by atoms with van der Waals surface area (Å²) in [5.41, 5.74) is 0.275. The highest BCUT2D eigenvalue weighted by Crippen LogP contribution is 2.36. The standard InChI is InChI=1S/C11H9Cl3N2O2/c1-7-9(17)16(11(12,13)14)10(18)15(7)8-5-3-2-4-6-8/h2-6,17H,1H3. The lowest BCUT2D eigenvalue weighted by molar-refractivity contribution is 0.415. The van der Waals surface area contributed by atoms with Crippen molar-refractivity contribution < 1.29 is 5.11 Å². The van der Waals surface area contributed by atoms with Crippen molar-refractivity contribution in [2.24, 2.45) is 0 Å². The van der Waals surface area contributed by atoms with Crippen LogP contribution in [0.15, 0.2) is 35.1 Å². The van der Waals surface area contributed by atoms with Crippen LogP contribution in [0.5, 0.6) is 5.88 Å². The minimum Gasteiger partial charge on any atom is -0.493 e. The van der Waals surface area contributed by atoms with E-state index in [9.17, 15) is 9.90 Å². The molecular formula is C11H9Cl3N2O2. The van der Waals surface area contributed by atoms with Crippen LogP contribution < -0.4 is 5.69 Å². The van der Waals surface area contributed by atoms with Gasteiger partial charge in [-0.2, -0.15) is 0 Å². The first-order chi connectivity index (χ1) is 8.34. The van der Waals surface area contributed by atoms with Gasteiger partial charge in [0.25, 0.3) is 3.92 Å². The van der Waals surface area contributed by atoms with E-state index in [0.717, 1.165) is 0 Å². The maximum absolute atomic E-state index is 12.2. The Hall–Kier alpha value is -1.10. The summed E-state index contributed by atoms with van der Waals surface area (Å²) in [6.07, 6.45) is 0. The molecule has 2 aromatic rings. The zero-order valence-electron chi connectivity index (χ0n) is 9.27. The Labute approximate surface area is 118 Å². The van der Waals surface area contributed by atoms with E-state index in [-0.39, 0.29) is 5.88 Å². The Balaban J connectivity index is 2.77. The number of benzene rings is 1. The first kappa shape index (κ1) is 13.3. The van der Waals surface area contributed by atoms with Crippen molar-refractivity contribution in [3.05, 3.63) is 46.5 Å². The normalized spacial score (nSPS) is 11.8. The molecule has 0 aliphatic rings. The van der Waals surface area contributed by atoms with Crippen LogP contribution in [-0.4, -0.2) is 14.2 Å². The SMILES string of the molecule is Cc1c(O)n(C(Cl)(Cl)Cl)c(=O)n1-c1ccccc1. The van der Waals surface area contributed by atoms with Crippen molar-refractivity contribution in [3.63, 3.8) is 0 Å². The molecule has 1 aromatic heterocycles. The van der Waals surface area contributed by atoms with Gasteiger partial charge in [0.05, 0.1) is 11.4 Å². The zero-order chi connectivity index (χ0) is 13.5. The van der Waals surface area contributed by atoms with E-state index in [1.54, 1.807) is 31.2 Å². The molecular weight excluding hydrogens is 298 g/mol. The Morgan fingerprint density at radius 1 is 1.17 bits per heavy atom. The number of para-hydroxylation sites is 1. The fraction of sp³-hybridized carbons (Fsp3) is 0.182. The van der Waals surface area contributed by atoms with Gasteiger partial charge in [-0.1, -0.05) is 53.0 Å². The molecule has 0 amide bonds. The summed E-state index contributed by atoms with van der Waals surface area (Å²) in [5, 5.41) is 9.88. The van der Waals surface area contributed by atoms with Crippen LogP contribution in [0.4, 0.5) is 0 Å². The molecule has 0 saturated carbocycles. The van der Waals surface area contributed by atoms with Crippen LogP contribution in [0.2, 0.25) is 0 Å². The van der Waals surface area contributed by atoms with Crippen LogP contribution in [-0.2, 0) is 3.92 Å². The van der Waals surface area contributed by atoms with Gasteiger partial charge in [0.15, 0.2) is 0 Å². The molecule has 0 saturated heterocycles. The van der Waals surface area contributed by atoms with Crippen LogP contribution in [0.25, 0.3) is 5.69 Å². The largest absolute Gasteiger partial charge is 0.493 e. The van der Waals surface area contributed by atoms with Gasteiger partial charge in [0.1, 0.15) is 0 Å². The van der Waals surface area contributed by atoms with E-state index in [4.69, 9.17) is 34.8 Å². The van der Waals surface area contributed by atoms with Crippen molar-refractivity contribution in [3.8, 4) is 11.6 Å². The van der Waals surface area contributed by atoms with Crippen molar-refractivity contribution in [2.75, 3.05) is 0 Å². The highest BCUT2D eigenvalue weighted by molar-refractivity contribution is 6.64. The summed E-state index contributed by atoms with van der Waals surface area (Å²) < 4.78 is -0.0524. The monoisotopic (exact) mass is 306 g/mol. The number of aromatic hydroxyl groups is 1. The third-order valence-electron chi connectivity index (χ3n) is 2.52. The van der Waals surface area contributed by atoms with Gasteiger partial charge in [-0.05, 0) is 19.1 Å². The summed E-state index contributed by atoms with van der Waals surface area (Å²) in [4.78, 5) is 12.2. The number of imidazole rings is 1. The number of hydrogen-bond acceptors (Lipinski definition) is 2. The summed E-state index contributed by atoms with van der Waals surface area (Å²) in [6.45, 7) is 1.57. The van der Waals surface area contributed by atoms with E-state index >= 15 is 0 Å². The van der Waals surface area contributed by atoms with Crippen LogP contribution in [0.3, 0.4) is 0 Å². The second-order valence-corrected chi connectivity index (χ2v) is 5.89. The lowest BCUT2D eigenvalue weighted by Gasteiger charge is -2.11. The van der Waals surface area contributed by atoms with E-state index in [1.165, 1.54) is 4.57 Å². The number of halogens is 3. The summed E-state index contributed by atoms with van der Waals surface area (Å²) >= 11 is 17.0. The van der Waals surface area contributed by atoms with E-state index in [0.29, 0.717) is 15.9 Å². The summed E-state index contributed by atoms with van der Waals surface area (Å²) in [7, 11) is 0. The molecule has 96 valence electrons. The van der Waals surface area contributed by atoms with E-state index in [1.807, 2.05) is 6.07 Å². The molecule has 7 heteroatoms. The average molecular weight is 308 g/mol. The summed E-state index contributed by atoms with van der Waals surface area (Å²) in [6, 6.07) is 8.79. The third kappa shape index (κ3) is 2.11. The minimum absolute atomic E-state index is 0.303. The molecule has 0 spiro atoms. The van der Waals surface area contributed by atoms with Crippen molar-refractivity contribution >= 4 is 34.8 Å². The maximum atomic E-state index is 12.2. The molecule has 1 heterocycles. The van der Waals surface area contributed by atoms with Crippen LogP contribution in [0, 0.1) is 6.92 Å². The Bertz CT molecular complexity index is 626. The van der Waals surface area contributed by atoms with Crippen molar-refractivity contribution in [1.82, 2.24) is 9.13 Å². The number of nitrogens with zero attached hydrogens (tertiary/aromatic N) is 2. The Kier molecular flexibility index (Phi) is 3.36. The van der Waals surface area contributed by atoms with Gasteiger partial charge < -0.3 is 5.11 Å². The van der Waals surface area contributed by atoms with Gasteiger partial charge in [-0.15, -0.1) is 0 Å². The number of alkyl halides is 3. The van der Waals surface area contributed by atoms with Gasteiger partial charge in [0, 0.05) is 0 Å². The highest BCUT2D eigenvalue weighted by atomic mass is 35.6. The molecule has 0 radical (unpaired) electrons. The molecule has 0 bridgehead atoms. The third-order valence-corrected chi connectivity index (χ3v) is 3.03. The molecule has 2 rings (SSSR count). The molecule has 0 unspecified atom stereocenters. The lowest BCUT2D eigenvalue weighted by Crippen LogP contribution is -2.29. The molecule has 1 N–H and O–H groups in total. The van der Waals surface area contributed by atoms with E-state index in [2.05, 4.69) is 0 Å². The predicted molar refractivity (Wildman–Crippen MR) is 72.0 cm³/mol. The number of rotatable bonds is 1. The van der Waals surface area contributed by atoms with E-state index < -0.39 is 9.61 Å². The van der Waals surface area contributed by atoms with Gasteiger partial charge in [0.2, 0.25) is 5.88 Å². The average Bonchev–Trinajstić information content (AvgIpc) is 2.50. The molecule has 0 aliphatic heterocycles. The number of hydrogen-bond donors (Lipinski definition) is 1. The van der Waals surface area contributed by atoms with Crippen molar-refractivity contribution in [2.45, 2.75) is 10.8 Å². The fourth-order valence-corrected chi connectivity index (χ4v) is 2.16. The van der Waals surface area contributed by atoms with Crippen LogP contribution in [0.1, 0.15) is 5.69 Å².